The molecule has 0 radical (unpaired) electrons. The zero-order chi connectivity index (χ0) is 21.5. The number of amides is 3. The van der Waals surface area contributed by atoms with Gasteiger partial charge in [0, 0.05) is 30.9 Å². The molecule has 2 aromatic carbocycles. The van der Waals surface area contributed by atoms with E-state index < -0.39 is 0 Å². The molecule has 0 aliphatic carbocycles. The Labute approximate surface area is 181 Å². The molecule has 3 rings (SSSR count). The minimum atomic E-state index is -0.338. The molecule has 1 heterocycles. The van der Waals surface area contributed by atoms with Crippen molar-refractivity contribution < 1.29 is 14.4 Å². The first kappa shape index (κ1) is 21.9. The molecule has 2 aromatic rings. The van der Waals surface area contributed by atoms with Crippen molar-refractivity contribution in [2.24, 2.45) is 0 Å². The molecule has 1 aliphatic rings. The lowest BCUT2D eigenvalue weighted by molar-refractivity contribution is -0.120. The van der Waals surface area contributed by atoms with Gasteiger partial charge in [-0.2, -0.15) is 0 Å². The molecule has 6 nitrogen and oxygen atoms in total. The first-order chi connectivity index (χ1) is 14.4. The van der Waals surface area contributed by atoms with Crippen LogP contribution in [0.5, 0.6) is 0 Å². The molecule has 1 saturated heterocycles. The quantitative estimate of drug-likeness (QED) is 0.679. The van der Waals surface area contributed by atoms with Crippen LogP contribution in [-0.2, 0) is 20.9 Å². The number of carbonyl (C=O) groups is 3. The van der Waals surface area contributed by atoms with E-state index in [1.807, 2.05) is 55.5 Å². The Kier molecular flexibility index (Phi) is 7.52. The van der Waals surface area contributed by atoms with Gasteiger partial charge < -0.3 is 15.5 Å². The lowest BCUT2D eigenvalue weighted by Crippen LogP contribution is -2.31. The topological polar surface area (TPSA) is 78.5 Å². The molecule has 1 aliphatic heterocycles. The number of hydrogen-bond acceptors (Lipinski definition) is 4. The minimum Gasteiger partial charge on any atom is -0.351 e. The highest BCUT2D eigenvalue weighted by molar-refractivity contribution is 8.01. The predicted molar refractivity (Wildman–Crippen MR) is 122 cm³/mol. The third kappa shape index (κ3) is 6.10. The van der Waals surface area contributed by atoms with Crippen LogP contribution in [0, 0.1) is 6.92 Å². The maximum absolute atomic E-state index is 12.3. The fourth-order valence-electron chi connectivity index (χ4n) is 3.16. The summed E-state index contributed by atoms with van der Waals surface area (Å²) in [6, 6.07) is 15.3. The van der Waals surface area contributed by atoms with Gasteiger partial charge in [-0.05, 0) is 50.1 Å². The fraction of sp³-hybridized carbons (Fsp3) is 0.348. The molecule has 0 saturated carbocycles. The van der Waals surface area contributed by atoms with Crippen molar-refractivity contribution in [3.05, 3.63) is 59.7 Å². The van der Waals surface area contributed by atoms with E-state index in [2.05, 4.69) is 10.6 Å². The fourth-order valence-corrected chi connectivity index (χ4v) is 3.87. The van der Waals surface area contributed by atoms with E-state index >= 15 is 0 Å². The minimum absolute atomic E-state index is 0.109. The van der Waals surface area contributed by atoms with Gasteiger partial charge >= 0.3 is 0 Å². The molecule has 1 fully saturated rings. The van der Waals surface area contributed by atoms with Crippen molar-refractivity contribution in [2.75, 3.05) is 22.5 Å². The Hall–Kier alpha value is -2.80. The Morgan fingerprint density at radius 2 is 1.80 bits per heavy atom. The van der Waals surface area contributed by atoms with Crippen LogP contribution in [0.3, 0.4) is 0 Å². The molecule has 0 aromatic heterocycles. The summed E-state index contributed by atoms with van der Waals surface area (Å²) < 4.78 is 0. The summed E-state index contributed by atoms with van der Waals surface area (Å²) in [5.41, 5.74) is 3.75. The molecule has 0 spiro atoms. The third-order valence-corrected chi connectivity index (χ3v) is 6.10. The molecule has 3 amide bonds. The van der Waals surface area contributed by atoms with Gasteiger partial charge in [0.1, 0.15) is 0 Å². The maximum Gasteiger partial charge on any atom is 0.234 e. The van der Waals surface area contributed by atoms with Crippen LogP contribution >= 0.6 is 11.8 Å². The summed E-state index contributed by atoms with van der Waals surface area (Å²) in [6.45, 7) is 4.96. The van der Waals surface area contributed by atoms with Gasteiger partial charge in [0.05, 0.1) is 11.0 Å². The average molecular weight is 426 g/mol. The van der Waals surface area contributed by atoms with Gasteiger partial charge in [0.25, 0.3) is 0 Å². The molecule has 158 valence electrons. The number of anilines is 2. The summed E-state index contributed by atoms with van der Waals surface area (Å²) in [5.74, 6) is 0.131. The number of aryl methyl sites for hydroxylation is 1. The summed E-state index contributed by atoms with van der Waals surface area (Å²) >= 11 is 1.30. The summed E-state index contributed by atoms with van der Waals surface area (Å²) in [7, 11) is 0. The van der Waals surface area contributed by atoms with E-state index in [4.69, 9.17) is 0 Å². The molecular formula is C23H27N3O3S. The monoisotopic (exact) mass is 425 g/mol. The van der Waals surface area contributed by atoms with Crippen molar-refractivity contribution in [1.82, 2.24) is 5.32 Å². The number of hydrogen-bond donors (Lipinski definition) is 2. The van der Waals surface area contributed by atoms with E-state index in [0.717, 1.165) is 35.5 Å². The average Bonchev–Trinajstić information content (AvgIpc) is 3.18. The lowest BCUT2D eigenvalue weighted by atomic mass is 10.2. The van der Waals surface area contributed by atoms with E-state index in [0.29, 0.717) is 13.0 Å². The van der Waals surface area contributed by atoms with E-state index in [1.54, 1.807) is 11.8 Å². The highest BCUT2D eigenvalue weighted by atomic mass is 32.2. The van der Waals surface area contributed by atoms with Gasteiger partial charge in [-0.1, -0.05) is 29.8 Å². The summed E-state index contributed by atoms with van der Waals surface area (Å²) in [4.78, 5) is 38.0. The number of benzene rings is 2. The Morgan fingerprint density at radius 3 is 2.43 bits per heavy atom. The molecule has 30 heavy (non-hydrogen) atoms. The maximum atomic E-state index is 12.3. The van der Waals surface area contributed by atoms with Gasteiger partial charge in [-0.15, -0.1) is 11.8 Å². The van der Waals surface area contributed by atoms with E-state index in [1.165, 1.54) is 11.8 Å². The number of nitrogens with one attached hydrogen (secondary N) is 2. The van der Waals surface area contributed by atoms with Crippen LogP contribution in [0.4, 0.5) is 11.4 Å². The first-order valence-corrected chi connectivity index (χ1v) is 11.1. The smallest absolute Gasteiger partial charge is 0.234 e. The molecule has 1 atom stereocenters. The molecule has 2 N–H and O–H groups in total. The normalized spacial score (nSPS) is 14.5. The Morgan fingerprint density at radius 1 is 1.10 bits per heavy atom. The Bertz CT molecular complexity index is 897. The SMILES string of the molecule is Cc1ccc(NC(=O)CS[C@H](C)C(=O)NCc2ccc(N3CCCC3=O)cc2)cc1. The van der Waals surface area contributed by atoms with Gasteiger partial charge in [0.2, 0.25) is 17.7 Å². The number of thioether (sulfide) groups is 1. The van der Waals surface area contributed by atoms with Crippen LogP contribution < -0.4 is 15.5 Å². The van der Waals surface area contributed by atoms with E-state index in [-0.39, 0.29) is 28.7 Å². The van der Waals surface area contributed by atoms with E-state index in [9.17, 15) is 14.4 Å². The van der Waals surface area contributed by atoms with Crippen molar-refractivity contribution >= 4 is 40.9 Å². The van der Waals surface area contributed by atoms with Crippen molar-refractivity contribution in [3.63, 3.8) is 0 Å². The highest BCUT2D eigenvalue weighted by Crippen LogP contribution is 2.21. The van der Waals surface area contributed by atoms with Crippen molar-refractivity contribution in [2.45, 2.75) is 38.5 Å². The van der Waals surface area contributed by atoms with Gasteiger partial charge in [-0.3, -0.25) is 14.4 Å². The number of carbonyl (C=O) groups excluding carboxylic acids is 3. The largest absolute Gasteiger partial charge is 0.351 e. The van der Waals surface area contributed by atoms with Gasteiger partial charge in [-0.25, -0.2) is 0 Å². The highest BCUT2D eigenvalue weighted by Gasteiger charge is 2.21. The Balaban J connectivity index is 1.40. The van der Waals surface area contributed by atoms with Crippen LogP contribution in [0.15, 0.2) is 48.5 Å². The zero-order valence-corrected chi connectivity index (χ0v) is 18.1. The second-order valence-electron chi connectivity index (χ2n) is 7.40. The summed E-state index contributed by atoms with van der Waals surface area (Å²) in [6.07, 6.45) is 1.51. The number of nitrogens with zero attached hydrogens (tertiary/aromatic N) is 1. The first-order valence-electron chi connectivity index (χ1n) is 10.1. The molecular weight excluding hydrogens is 398 g/mol. The van der Waals surface area contributed by atoms with Crippen molar-refractivity contribution in [3.8, 4) is 0 Å². The second-order valence-corrected chi connectivity index (χ2v) is 8.73. The van der Waals surface area contributed by atoms with Gasteiger partial charge in [0.15, 0.2) is 0 Å². The predicted octanol–water partition coefficient (Wildman–Crippen LogP) is 3.50. The third-order valence-electron chi connectivity index (χ3n) is 4.96. The van der Waals surface area contributed by atoms with Crippen LogP contribution in [-0.4, -0.2) is 35.3 Å². The van der Waals surface area contributed by atoms with Crippen molar-refractivity contribution in [1.29, 1.82) is 0 Å². The van der Waals surface area contributed by atoms with Crippen LogP contribution in [0.25, 0.3) is 0 Å². The summed E-state index contributed by atoms with van der Waals surface area (Å²) in [5, 5.41) is 5.40. The zero-order valence-electron chi connectivity index (χ0n) is 17.3. The standard InChI is InChI=1S/C23H27N3O3S/c1-16-5-9-19(10-6-16)25-21(27)15-30-17(2)23(29)24-14-18-7-11-20(12-8-18)26-13-3-4-22(26)28/h5-12,17H,3-4,13-15H2,1-2H3,(H,24,29)(H,25,27)/t17-/m1/s1. The van der Waals surface area contributed by atoms with Crippen LogP contribution in [0.1, 0.15) is 30.9 Å². The number of rotatable bonds is 8. The van der Waals surface area contributed by atoms with Crippen LogP contribution in [0.2, 0.25) is 0 Å². The molecule has 0 unspecified atom stereocenters. The molecule has 0 bridgehead atoms. The lowest BCUT2D eigenvalue weighted by Gasteiger charge is -2.16. The second kappa shape index (κ2) is 10.3. The molecule has 7 heteroatoms.